The maximum absolute atomic E-state index is 11.0. The van der Waals surface area contributed by atoms with E-state index in [2.05, 4.69) is 10.6 Å². The summed E-state index contributed by atoms with van der Waals surface area (Å²) in [6.07, 6.45) is 1.53. The van der Waals surface area contributed by atoms with Gasteiger partial charge in [-0.1, -0.05) is 6.07 Å². The summed E-state index contributed by atoms with van der Waals surface area (Å²) in [4.78, 5) is 11.0. The SMILES string of the molecule is Cc1ccc(N)c(NCC2CCC(=O)N2)c1. The Kier molecular flexibility index (Phi) is 2.99. The van der Waals surface area contributed by atoms with Crippen LogP contribution in [0.2, 0.25) is 0 Å². The van der Waals surface area contributed by atoms with Crippen molar-refractivity contribution < 1.29 is 4.79 Å². The van der Waals surface area contributed by atoms with Gasteiger partial charge in [-0.05, 0) is 31.0 Å². The monoisotopic (exact) mass is 219 g/mol. The molecule has 0 bridgehead atoms. The standard InChI is InChI=1S/C12H17N3O/c1-8-2-4-10(13)11(6-8)14-7-9-3-5-12(16)15-9/h2,4,6,9,14H,3,5,7,13H2,1H3,(H,15,16). The van der Waals surface area contributed by atoms with Gasteiger partial charge in [-0.15, -0.1) is 0 Å². The lowest BCUT2D eigenvalue weighted by atomic mass is 10.1. The number of amides is 1. The van der Waals surface area contributed by atoms with Crippen LogP contribution in [0.1, 0.15) is 18.4 Å². The van der Waals surface area contributed by atoms with Crippen molar-refractivity contribution >= 4 is 17.3 Å². The summed E-state index contributed by atoms with van der Waals surface area (Å²) in [5.74, 6) is 0.143. The summed E-state index contributed by atoms with van der Waals surface area (Å²) in [6.45, 7) is 2.77. The number of aryl methyl sites for hydroxylation is 1. The first kappa shape index (κ1) is 10.8. The zero-order valence-corrected chi connectivity index (χ0v) is 9.42. The molecule has 1 fully saturated rings. The van der Waals surface area contributed by atoms with Gasteiger partial charge in [0.2, 0.25) is 5.91 Å². The third-order valence-corrected chi connectivity index (χ3v) is 2.83. The van der Waals surface area contributed by atoms with Gasteiger partial charge >= 0.3 is 0 Å². The second-order valence-corrected chi connectivity index (χ2v) is 4.27. The van der Waals surface area contributed by atoms with E-state index >= 15 is 0 Å². The van der Waals surface area contributed by atoms with Crippen LogP contribution in [0.4, 0.5) is 11.4 Å². The molecule has 4 heteroatoms. The fourth-order valence-corrected chi connectivity index (χ4v) is 1.89. The van der Waals surface area contributed by atoms with Gasteiger partial charge in [0.15, 0.2) is 0 Å². The summed E-state index contributed by atoms with van der Waals surface area (Å²) in [5.41, 5.74) is 8.72. The molecule has 16 heavy (non-hydrogen) atoms. The molecule has 0 radical (unpaired) electrons. The number of carbonyl (C=O) groups excluding carboxylic acids is 1. The molecule has 0 saturated carbocycles. The Balaban J connectivity index is 1.94. The average Bonchev–Trinajstić information content (AvgIpc) is 2.66. The van der Waals surface area contributed by atoms with Crippen LogP contribution in [0.3, 0.4) is 0 Å². The van der Waals surface area contributed by atoms with Crippen LogP contribution in [0.5, 0.6) is 0 Å². The number of anilines is 2. The van der Waals surface area contributed by atoms with Crippen LogP contribution in [-0.2, 0) is 4.79 Å². The molecule has 4 nitrogen and oxygen atoms in total. The van der Waals surface area contributed by atoms with Gasteiger partial charge in [-0.3, -0.25) is 4.79 Å². The number of hydrogen-bond acceptors (Lipinski definition) is 3. The molecule has 1 aromatic rings. The van der Waals surface area contributed by atoms with E-state index in [0.29, 0.717) is 6.42 Å². The van der Waals surface area contributed by atoms with Crippen molar-refractivity contribution in [2.75, 3.05) is 17.6 Å². The average molecular weight is 219 g/mol. The fraction of sp³-hybridized carbons (Fsp3) is 0.417. The van der Waals surface area contributed by atoms with E-state index in [9.17, 15) is 4.79 Å². The number of nitrogens with one attached hydrogen (secondary N) is 2. The molecule has 4 N–H and O–H groups in total. The topological polar surface area (TPSA) is 67.1 Å². The Labute approximate surface area is 95.2 Å². The van der Waals surface area contributed by atoms with E-state index < -0.39 is 0 Å². The van der Waals surface area contributed by atoms with Crippen LogP contribution in [0.15, 0.2) is 18.2 Å². The van der Waals surface area contributed by atoms with Crippen LogP contribution in [-0.4, -0.2) is 18.5 Å². The Morgan fingerprint density at radius 2 is 2.38 bits per heavy atom. The van der Waals surface area contributed by atoms with E-state index in [4.69, 9.17) is 5.73 Å². The van der Waals surface area contributed by atoms with Crippen LogP contribution in [0, 0.1) is 6.92 Å². The van der Waals surface area contributed by atoms with Gasteiger partial charge in [0.1, 0.15) is 0 Å². The lowest BCUT2D eigenvalue weighted by Gasteiger charge is -2.14. The third kappa shape index (κ3) is 2.45. The van der Waals surface area contributed by atoms with Crippen molar-refractivity contribution in [2.45, 2.75) is 25.8 Å². The highest BCUT2D eigenvalue weighted by Gasteiger charge is 2.20. The highest BCUT2D eigenvalue weighted by molar-refractivity contribution is 5.78. The number of nitrogen functional groups attached to an aromatic ring is 1. The lowest BCUT2D eigenvalue weighted by Crippen LogP contribution is -2.31. The smallest absolute Gasteiger partial charge is 0.220 e. The van der Waals surface area contributed by atoms with Crippen molar-refractivity contribution in [2.24, 2.45) is 0 Å². The van der Waals surface area contributed by atoms with Crippen molar-refractivity contribution in [3.05, 3.63) is 23.8 Å². The Bertz CT molecular complexity index is 403. The molecule has 1 unspecified atom stereocenters. The Hall–Kier alpha value is -1.71. The van der Waals surface area contributed by atoms with E-state index in [0.717, 1.165) is 24.3 Å². The minimum atomic E-state index is 0.143. The highest BCUT2D eigenvalue weighted by atomic mass is 16.1. The van der Waals surface area contributed by atoms with Gasteiger partial charge in [0.05, 0.1) is 11.4 Å². The second kappa shape index (κ2) is 4.43. The molecule has 1 saturated heterocycles. The van der Waals surface area contributed by atoms with Gasteiger partial charge < -0.3 is 16.4 Å². The lowest BCUT2D eigenvalue weighted by molar-refractivity contribution is -0.119. The van der Waals surface area contributed by atoms with Gasteiger partial charge in [-0.25, -0.2) is 0 Å². The summed E-state index contributed by atoms with van der Waals surface area (Å²) in [5, 5.41) is 6.19. The molecule has 2 rings (SSSR count). The van der Waals surface area contributed by atoms with Crippen LogP contribution < -0.4 is 16.4 Å². The Morgan fingerprint density at radius 1 is 1.56 bits per heavy atom. The van der Waals surface area contributed by atoms with Crippen LogP contribution >= 0.6 is 0 Å². The zero-order chi connectivity index (χ0) is 11.5. The fourth-order valence-electron chi connectivity index (χ4n) is 1.89. The van der Waals surface area contributed by atoms with E-state index in [1.54, 1.807) is 0 Å². The number of hydrogen-bond donors (Lipinski definition) is 3. The predicted molar refractivity (Wildman–Crippen MR) is 65.2 cm³/mol. The van der Waals surface area contributed by atoms with Gasteiger partial charge in [0, 0.05) is 19.0 Å². The highest BCUT2D eigenvalue weighted by Crippen LogP contribution is 2.20. The van der Waals surface area contributed by atoms with Gasteiger partial charge in [0.25, 0.3) is 0 Å². The molecule has 0 aromatic heterocycles. The normalized spacial score (nSPS) is 19.6. The molecule has 1 aromatic carbocycles. The van der Waals surface area contributed by atoms with Crippen molar-refractivity contribution in [1.82, 2.24) is 5.32 Å². The third-order valence-electron chi connectivity index (χ3n) is 2.83. The molecule has 0 spiro atoms. The maximum atomic E-state index is 11.0. The number of nitrogens with two attached hydrogens (primary N) is 1. The number of carbonyl (C=O) groups is 1. The summed E-state index contributed by atoms with van der Waals surface area (Å²) in [7, 11) is 0. The molecule has 0 aliphatic carbocycles. The zero-order valence-electron chi connectivity index (χ0n) is 9.42. The van der Waals surface area contributed by atoms with Gasteiger partial charge in [-0.2, -0.15) is 0 Å². The largest absolute Gasteiger partial charge is 0.397 e. The maximum Gasteiger partial charge on any atom is 0.220 e. The summed E-state index contributed by atoms with van der Waals surface area (Å²) < 4.78 is 0. The molecule has 86 valence electrons. The minimum absolute atomic E-state index is 0.143. The molecular formula is C12H17N3O. The number of rotatable bonds is 3. The first-order valence-corrected chi connectivity index (χ1v) is 5.54. The molecule has 1 aliphatic heterocycles. The van der Waals surface area contributed by atoms with Crippen molar-refractivity contribution in [3.63, 3.8) is 0 Å². The molecule has 1 atom stereocenters. The predicted octanol–water partition coefficient (Wildman–Crippen LogP) is 1.27. The van der Waals surface area contributed by atoms with E-state index in [1.165, 1.54) is 5.56 Å². The molecular weight excluding hydrogens is 202 g/mol. The minimum Gasteiger partial charge on any atom is -0.397 e. The number of benzene rings is 1. The van der Waals surface area contributed by atoms with Crippen molar-refractivity contribution in [3.8, 4) is 0 Å². The van der Waals surface area contributed by atoms with Crippen LogP contribution in [0.25, 0.3) is 0 Å². The molecule has 1 aliphatic rings. The Morgan fingerprint density at radius 3 is 3.06 bits per heavy atom. The first-order valence-electron chi connectivity index (χ1n) is 5.54. The summed E-state index contributed by atoms with van der Waals surface area (Å²) in [6, 6.07) is 6.13. The van der Waals surface area contributed by atoms with E-state index in [1.807, 2.05) is 25.1 Å². The quantitative estimate of drug-likeness (QED) is 0.671. The first-order chi connectivity index (χ1) is 7.65. The van der Waals surface area contributed by atoms with E-state index in [-0.39, 0.29) is 11.9 Å². The van der Waals surface area contributed by atoms with Crippen molar-refractivity contribution in [1.29, 1.82) is 0 Å². The molecule has 1 amide bonds. The summed E-state index contributed by atoms with van der Waals surface area (Å²) >= 11 is 0. The second-order valence-electron chi connectivity index (χ2n) is 4.27. The molecule has 1 heterocycles.